The molecule has 0 aliphatic carbocycles. The molecule has 1 amide bonds. The molecule has 0 radical (unpaired) electrons. The molecule has 5 heteroatoms. The first-order valence-corrected chi connectivity index (χ1v) is 11.6. The van der Waals surface area contributed by atoms with Crippen molar-refractivity contribution in [1.29, 1.82) is 0 Å². The summed E-state index contributed by atoms with van der Waals surface area (Å²) in [6.45, 7) is 8.43. The topological polar surface area (TPSA) is 51.2 Å². The smallest absolute Gasteiger partial charge is 0.264 e. The van der Waals surface area contributed by atoms with Crippen molar-refractivity contribution < 1.29 is 9.53 Å². The van der Waals surface area contributed by atoms with Crippen LogP contribution in [-0.4, -0.2) is 17.5 Å². The molecule has 0 fully saturated rings. The maximum atomic E-state index is 12.5. The van der Waals surface area contributed by atoms with Gasteiger partial charge in [0.05, 0.1) is 0 Å². The van der Waals surface area contributed by atoms with Gasteiger partial charge in [-0.1, -0.05) is 80.9 Å². The first-order valence-electron chi connectivity index (χ1n) is 10.7. The first kappa shape index (κ1) is 22.0. The Labute approximate surface area is 193 Å². The second kappa shape index (κ2) is 9.13. The quantitative estimate of drug-likeness (QED) is 0.369. The Hall–Kier alpha value is -3.18. The van der Waals surface area contributed by atoms with Gasteiger partial charge >= 0.3 is 0 Å². The van der Waals surface area contributed by atoms with Crippen LogP contribution in [-0.2, 0) is 16.6 Å². The van der Waals surface area contributed by atoms with Gasteiger partial charge in [0.15, 0.2) is 11.7 Å². The molecule has 0 aliphatic rings. The second-order valence-corrected chi connectivity index (χ2v) is 10.1. The number of hydrogen-bond acceptors (Lipinski definition) is 4. The van der Waals surface area contributed by atoms with Crippen LogP contribution in [0.15, 0.2) is 66.9 Å². The largest absolute Gasteiger partial charge is 0.483 e. The monoisotopic (exact) mass is 444 g/mol. The molecule has 4 rings (SSSR count). The summed E-state index contributed by atoms with van der Waals surface area (Å²) in [5.74, 6) is 0.533. The van der Waals surface area contributed by atoms with Gasteiger partial charge in [0.1, 0.15) is 5.75 Å². The Morgan fingerprint density at radius 2 is 1.84 bits per heavy atom. The zero-order valence-electron chi connectivity index (χ0n) is 18.9. The molecule has 0 bridgehead atoms. The summed E-state index contributed by atoms with van der Waals surface area (Å²) in [5, 5.41) is 5.93. The van der Waals surface area contributed by atoms with Crippen LogP contribution in [0, 0.1) is 6.92 Å². The van der Waals surface area contributed by atoms with Crippen LogP contribution in [0.1, 0.15) is 42.3 Å². The van der Waals surface area contributed by atoms with Gasteiger partial charge in [-0.05, 0) is 40.3 Å². The van der Waals surface area contributed by atoms with Gasteiger partial charge in [-0.3, -0.25) is 10.1 Å². The van der Waals surface area contributed by atoms with Crippen molar-refractivity contribution in [3.8, 4) is 5.75 Å². The number of carbonyl (C=O) groups excluding carboxylic acids is 1. The lowest BCUT2D eigenvalue weighted by atomic mass is 9.85. The highest BCUT2D eigenvalue weighted by Gasteiger charge is 2.20. The van der Waals surface area contributed by atoms with Gasteiger partial charge in [-0.25, -0.2) is 4.98 Å². The van der Waals surface area contributed by atoms with Crippen molar-refractivity contribution in [1.82, 2.24) is 4.98 Å². The van der Waals surface area contributed by atoms with Crippen LogP contribution in [0.3, 0.4) is 0 Å². The number of rotatable bonds is 6. The van der Waals surface area contributed by atoms with Crippen molar-refractivity contribution in [3.05, 3.63) is 88.4 Å². The van der Waals surface area contributed by atoms with Crippen molar-refractivity contribution in [2.75, 3.05) is 11.9 Å². The van der Waals surface area contributed by atoms with Crippen molar-refractivity contribution >= 4 is 33.1 Å². The number of ether oxygens (including phenoxy) is 1. The zero-order chi connectivity index (χ0) is 22.7. The van der Waals surface area contributed by atoms with Crippen LogP contribution < -0.4 is 10.1 Å². The molecule has 0 aliphatic heterocycles. The predicted octanol–water partition coefficient (Wildman–Crippen LogP) is 6.51. The SMILES string of the molecule is Cc1ccc(OCC(=O)Nc2ncc(Cc3cccc4ccccc34)s2)c(C(C)(C)C)c1. The van der Waals surface area contributed by atoms with Crippen LogP contribution in [0.2, 0.25) is 0 Å². The maximum Gasteiger partial charge on any atom is 0.264 e. The molecule has 164 valence electrons. The maximum absolute atomic E-state index is 12.5. The summed E-state index contributed by atoms with van der Waals surface area (Å²) < 4.78 is 5.87. The third-order valence-corrected chi connectivity index (χ3v) is 6.26. The highest BCUT2D eigenvalue weighted by Crippen LogP contribution is 2.32. The number of aryl methyl sites for hydroxylation is 1. The number of thiazole rings is 1. The number of hydrogen-bond donors (Lipinski definition) is 1. The molecular weight excluding hydrogens is 416 g/mol. The van der Waals surface area contributed by atoms with Gasteiger partial charge in [0, 0.05) is 17.5 Å². The fourth-order valence-corrected chi connectivity index (χ4v) is 4.59. The van der Waals surface area contributed by atoms with E-state index in [9.17, 15) is 4.79 Å². The predicted molar refractivity (Wildman–Crippen MR) is 133 cm³/mol. The highest BCUT2D eigenvalue weighted by atomic mass is 32.1. The van der Waals surface area contributed by atoms with E-state index in [4.69, 9.17) is 4.74 Å². The minimum atomic E-state index is -0.212. The number of fused-ring (bicyclic) bond motifs is 1. The Kier molecular flexibility index (Phi) is 6.28. The third kappa shape index (κ3) is 5.17. The molecule has 0 unspecified atom stereocenters. The number of anilines is 1. The minimum absolute atomic E-state index is 0.0512. The lowest BCUT2D eigenvalue weighted by Crippen LogP contribution is -2.22. The van der Waals surface area contributed by atoms with Gasteiger partial charge in [0.2, 0.25) is 0 Å². The molecule has 0 saturated carbocycles. The number of aromatic nitrogens is 1. The molecule has 1 heterocycles. The second-order valence-electron chi connectivity index (χ2n) is 9.03. The highest BCUT2D eigenvalue weighted by molar-refractivity contribution is 7.15. The number of benzene rings is 3. The Morgan fingerprint density at radius 3 is 2.66 bits per heavy atom. The van der Waals surface area contributed by atoms with Gasteiger partial charge in [0.25, 0.3) is 5.91 Å². The summed E-state index contributed by atoms with van der Waals surface area (Å²) in [5.41, 5.74) is 3.45. The van der Waals surface area contributed by atoms with E-state index >= 15 is 0 Å². The van der Waals surface area contributed by atoms with Gasteiger partial charge < -0.3 is 4.74 Å². The van der Waals surface area contributed by atoms with Crippen LogP contribution in [0.4, 0.5) is 5.13 Å². The van der Waals surface area contributed by atoms with E-state index in [1.54, 1.807) is 0 Å². The molecule has 0 atom stereocenters. The Bertz CT molecular complexity index is 1250. The molecule has 3 aromatic carbocycles. The van der Waals surface area contributed by atoms with Gasteiger partial charge in [-0.2, -0.15) is 0 Å². The zero-order valence-corrected chi connectivity index (χ0v) is 19.8. The summed E-state index contributed by atoms with van der Waals surface area (Å²) >= 11 is 1.50. The van der Waals surface area contributed by atoms with Crippen LogP contribution in [0.5, 0.6) is 5.75 Å². The Morgan fingerprint density at radius 1 is 1.06 bits per heavy atom. The third-order valence-electron chi connectivity index (χ3n) is 5.35. The lowest BCUT2D eigenvalue weighted by molar-refractivity contribution is -0.118. The first-order chi connectivity index (χ1) is 15.3. The number of carbonyl (C=O) groups is 1. The van der Waals surface area contributed by atoms with Crippen LogP contribution >= 0.6 is 11.3 Å². The summed E-state index contributed by atoms with van der Waals surface area (Å²) in [6, 6.07) is 20.8. The molecule has 4 nitrogen and oxygen atoms in total. The standard InChI is InChI=1S/C27H28N2O2S/c1-18-12-13-24(23(14-18)27(2,3)4)31-17-25(30)29-26-28-16-21(32-26)15-20-10-7-9-19-8-5-6-11-22(19)20/h5-14,16H,15,17H2,1-4H3,(H,28,29,30). The average molecular weight is 445 g/mol. The number of nitrogens with zero attached hydrogens (tertiary/aromatic N) is 1. The normalized spacial score (nSPS) is 11.5. The van der Waals surface area contributed by atoms with E-state index in [1.807, 2.05) is 18.3 Å². The van der Waals surface area contributed by atoms with Gasteiger partial charge in [-0.15, -0.1) is 11.3 Å². The van der Waals surface area contributed by atoms with Crippen molar-refractivity contribution in [3.63, 3.8) is 0 Å². The van der Waals surface area contributed by atoms with E-state index in [-0.39, 0.29) is 17.9 Å². The summed E-state index contributed by atoms with van der Waals surface area (Å²) in [6.07, 6.45) is 2.62. The summed E-state index contributed by atoms with van der Waals surface area (Å²) in [7, 11) is 0. The lowest BCUT2D eigenvalue weighted by Gasteiger charge is -2.23. The van der Waals surface area contributed by atoms with E-state index < -0.39 is 0 Å². The average Bonchev–Trinajstić information content (AvgIpc) is 3.19. The molecule has 0 spiro atoms. The summed E-state index contributed by atoms with van der Waals surface area (Å²) in [4.78, 5) is 18.0. The number of amides is 1. The molecule has 4 aromatic rings. The van der Waals surface area contributed by atoms with Crippen molar-refractivity contribution in [2.45, 2.75) is 39.5 Å². The number of nitrogens with one attached hydrogen (secondary N) is 1. The minimum Gasteiger partial charge on any atom is -0.483 e. The van der Waals surface area contributed by atoms with E-state index in [2.05, 4.69) is 86.5 Å². The molecule has 32 heavy (non-hydrogen) atoms. The fourth-order valence-electron chi connectivity index (χ4n) is 3.74. The van der Waals surface area contributed by atoms with Crippen molar-refractivity contribution in [2.24, 2.45) is 0 Å². The molecule has 0 saturated heterocycles. The molecule has 1 N–H and O–H groups in total. The van der Waals surface area contributed by atoms with E-state index in [0.29, 0.717) is 5.13 Å². The molecular formula is C27H28N2O2S. The van der Waals surface area contributed by atoms with E-state index in [0.717, 1.165) is 22.6 Å². The fraction of sp³-hybridized carbons (Fsp3) is 0.259. The Balaban J connectivity index is 1.39. The molecule has 1 aromatic heterocycles. The van der Waals surface area contributed by atoms with Crippen LogP contribution in [0.25, 0.3) is 10.8 Å². The van der Waals surface area contributed by atoms with E-state index in [1.165, 1.54) is 33.2 Å².